The van der Waals surface area contributed by atoms with E-state index in [2.05, 4.69) is 44.5 Å². The van der Waals surface area contributed by atoms with Crippen LogP contribution in [0.5, 0.6) is 0 Å². The minimum atomic E-state index is -0.0546. The van der Waals surface area contributed by atoms with Crippen molar-refractivity contribution in [1.29, 1.82) is 0 Å². The van der Waals surface area contributed by atoms with E-state index in [1.807, 2.05) is 17.2 Å². The molecule has 1 aliphatic rings. The second-order valence-electron chi connectivity index (χ2n) is 6.97. The topological polar surface area (TPSA) is 74.0 Å². The molecular weight excluding hydrogens is 366 g/mol. The molecule has 1 N–H and O–H groups in total. The lowest BCUT2D eigenvalue weighted by atomic mass is 10.1. The summed E-state index contributed by atoms with van der Waals surface area (Å²) in [6.07, 6.45) is 4.23. The van der Waals surface area contributed by atoms with Crippen LogP contribution < -0.4 is 5.32 Å². The number of aromatic nitrogens is 1. The number of para-hydroxylation sites is 1. The number of amides is 1. The van der Waals surface area contributed by atoms with Crippen LogP contribution in [0.1, 0.15) is 16.1 Å². The largest absolute Gasteiger partial charge is 0.459 e. The molecule has 0 radical (unpaired) electrons. The van der Waals surface area contributed by atoms with Crippen molar-refractivity contribution in [2.75, 3.05) is 39.8 Å². The standard InChI is InChI=1S/C22H25N5O2/c1-23-22(25-11-9-18-6-2-5-17-7-3-10-24-20(17)18)27-14-12-26(13-15-27)21(28)19-8-4-16-29-19/h2-8,10,16H,9,11-15H2,1H3,(H,23,25). The van der Waals surface area contributed by atoms with Gasteiger partial charge in [-0.25, -0.2) is 0 Å². The van der Waals surface area contributed by atoms with Crippen molar-refractivity contribution in [3.8, 4) is 0 Å². The fourth-order valence-electron chi connectivity index (χ4n) is 3.69. The van der Waals surface area contributed by atoms with Crippen LogP contribution in [-0.4, -0.2) is 66.4 Å². The lowest BCUT2D eigenvalue weighted by molar-refractivity contribution is 0.0658. The van der Waals surface area contributed by atoms with E-state index in [0.29, 0.717) is 18.8 Å². The molecule has 4 rings (SSSR count). The van der Waals surface area contributed by atoms with Crippen molar-refractivity contribution in [3.63, 3.8) is 0 Å². The summed E-state index contributed by atoms with van der Waals surface area (Å²) in [5, 5.41) is 4.61. The fraction of sp³-hybridized carbons (Fsp3) is 0.318. The van der Waals surface area contributed by atoms with E-state index < -0.39 is 0 Å². The fourth-order valence-corrected chi connectivity index (χ4v) is 3.69. The smallest absolute Gasteiger partial charge is 0.289 e. The van der Waals surface area contributed by atoms with Crippen LogP contribution >= 0.6 is 0 Å². The van der Waals surface area contributed by atoms with Crippen LogP contribution in [0.15, 0.2) is 64.3 Å². The number of hydrogen-bond donors (Lipinski definition) is 1. The molecule has 0 aliphatic carbocycles. The average Bonchev–Trinajstić information content (AvgIpc) is 3.31. The van der Waals surface area contributed by atoms with Gasteiger partial charge in [-0.15, -0.1) is 0 Å². The molecule has 150 valence electrons. The first-order valence-electron chi connectivity index (χ1n) is 9.87. The number of nitrogens with zero attached hydrogens (tertiary/aromatic N) is 4. The maximum Gasteiger partial charge on any atom is 0.289 e. The van der Waals surface area contributed by atoms with Crippen LogP contribution in [0, 0.1) is 0 Å². The summed E-state index contributed by atoms with van der Waals surface area (Å²) in [5.74, 6) is 1.20. The van der Waals surface area contributed by atoms with Gasteiger partial charge in [-0.3, -0.25) is 14.8 Å². The quantitative estimate of drug-likeness (QED) is 0.546. The number of furan rings is 1. The lowest BCUT2D eigenvalue weighted by Gasteiger charge is -2.36. The molecule has 2 aromatic heterocycles. The van der Waals surface area contributed by atoms with Gasteiger partial charge in [0.15, 0.2) is 11.7 Å². The molecule has 1 saturated heterocycles. The Morgan fingerprint density at radius 3 is 2.66 bits per heavy atom. The van der Waals surface area contributed by atoms with Crippen molar-refractivity contribution in [1.82, 2.24) is 20.1 Å². The Morgan fingerprint density at radius 1 is 1.10 bits per heavy atom. The van der Waals surface area contributed by atoms with Crippen LogP contribution in [0.25, 0.3) is 10.9 Å². The number of carbonyl (C=O) groups excluding carboxylic acids is 1. The number of hydrogen-bond acceptors (Lipinski definition) is 4. The third kappa shape index (κ3) is 4.23. The molecule has 1 amide bonds. The number of guanidine groups is 1. The van der Waals surface area contributed by atoms with Gasteiger partial charge in [0.2, 0.25) is 0 Å². The zero-order chi connectivity index (χ0) is 20.1. The monoisotopic (exact) mass is 391 g/mol. The second-order valence-corrected chi connectivity index (χ2v) is 6.97. The van der Waals surface area contributed by atoms with Crippen molar-refractivity contribution in [2.24, 2.45) is 4.99 Å². The maximum atomic E-state index is 12.4. The summed E-state index contributed by atoms with van der Waals surface area (Å²) in [6.45, 7) is 3.54. The Hall–Kier alpha value is -3.35. The zero-order valence-corrected chi connectivity index (χ0v) is 16.5. The van der Waals surface area contributed by atoms with Gasteiger partial charge in [-0.05, 0) is 30.2 Å². The number of benzene rings is 1. The number of nitrogens with one attached hydrogen (secondary N) is 1. The number of carbonyl (C=O) groups is 1. The number of piperazine rings is 1. The van der Waals surface area contributed by atoms with Gasteiger partial charge in [0.25, 0.3) is 5.91 Å². The van der Waals surface area contributed by atoms with Crippen LogP contribution in [-0.2, 0) is 6.42 Å². The highest BCUT2D eigenvalue weighted by molar-refractivity contribution is 5.91. The maximum absolute atomic E-state index is 12.4. The third-order valence-electron chi connectivity index (χ3n) is 5.20. The second kappa shape index (κ2) is 8.77. The molecule has 0 atom stereocenters. The van der Waals surface area contributed by atoms with Crippen LogP contribution in [0.4, 0.5) is 0 Å². The number of rotatable bonds is 4. The molecule has 0 spiro atoms. The molecule has 7 heteroatoms. The van der Waals surface area contributed by atoms with E-state index in [1.54, 1.807) is 19.2 Å². The molecule has 1 aromatic carbocycles. The Morgan fingerprint density at radius 2 is 1.90 bits per heavy atom. The van der Waals surface area contributed by atoms with Gasteiger partial charge in [0.05, 0.1) is 11.8 Å². The molecule has 1 aliphatic heterocycles. The zero-order valence-electron chi connectivity index (χ0n) is 16.5. The van der Waals surface area contributed by atoms with E-state index in [0.717, 1.165) is 42.9 Å². The van der Waals surface area contributed by atoms with Gasteiger partial charge in [0, 0.05) is 51.4 Å². The first-order chi connectivity index (χ1) is 14.3. The summed E-state index contributed by atoms with van der Waals surface area (Å²) in [4.78, 5) is 25.4. The minimum absolute atomic E-state index is 0.0546. The van der Waals surface area contributed by atoms with Crippen molar-refractivity contribution < 1.29 is 9.21 Å². The summed E-state index contributed by atoms with van der Waals surface area (Å²) < 4.78 is 5.22. The van der Waals surface area contributed by atoms with E-state index in [4.69, 9.17) is 4.42 Å². The molecule has 1 fully saturated rings. The SMILES string of the molecule is CN=C(NCCc1cccc2cccnc12)N1CCN(C(=O)c2ccco2)CC1. The normalized spacial score (nSPS) is 15.0. The highest BCUT2D eigenvalue weighted by atomic mass is 16.3. The third-order valence-corrected chi connectivity index (χ3v) is 5.20. The highest BCUT2D eigenvalue weighted by Gasteiger charge is 2.25. The number of pyridine rings is 1. The summed E-state index contributed by atoms with van der Waals surface area (Å²) in [6, 6.07) is 13.8. The van der Waals surface area contributed by atoms with E-state index in [1.165, 1.54) is 11.8 Å². The van der Waals surface area contributed by atoms with Crippen molar-refractivity contribution >= 4 is 22.8 Å². The molecular formula is C22H25N5O2. The highest BCUT2D eigenvalue weighted by Crippen LogP contribution is 2.16. The molecule has 0 bridgehead atoms. The van der Waals surface area contributed by atoms with Crippen LogP contribution in [0.3, 0.4) is 0 Å². The van der Waals surface area contributed by atoms with E-state index in [9.17, 15) is 4.79 Å². The molecule has 3 aromatic rings. The first kappa shape index (κ1) is 19.0. The Bertz CT molecular complexity index is 986. The van der Waals surface area contributed by atoms with Gasteiger partial charge in [0.1, 0.15) is 0 Å². The van der Waals surface area contributed by atoms with Crippen molar-refractivity contribution in [3.05, 3.63) is 66.2 Å². The Labute approximate surface area is 170 Å². The van der Waals surface area contributed by atoms with Crippen LogP contribution in [0.2, 0.25) is 0 Å². The van der Waals surface area contributed by atoms with Gasteiger partial charge in [-0.2, -0.15) is 0 Å². The van der Waals surface area contributed by atoms with Gasteiger partial charge >= 0.3 is 0 Å². The average molecular weight is 391 g/mol. The Kier molecular flexibility index (Phi) is 5.74. The molecule has 29 heavy (non-hydrogen) atoms. The molecule has 7 nitrogen and oxygen atoms in total. The first-order valence-corrected chi connectivity index (χ1v) is 9.87. The Balaban J connectivity index is 1.30. The molecule has 0 unspecified atom stereocenters. The molecule has 0 saturated carbocycles. The minimum Gasteiger partial charge on any atom is -0.459 e. The lowest BCUT2D eigenvalue weighted by Crippen LogP contribution is -2.54. The van der Waals surface area contributed by atoms with Gasteiger partial charge < -0.3 is 19.5 Å². The molecule has 3 heterocycles. The number of fused-ring (bicyclic) bond motifs is 1. The predicted molar refractivity (Wildman–Crippen MR) is 113 cm³/mol. The van der Waals surface area contributed by atoms with Crippen molar-refractivity contribution in [2.45, 2.75) is 6.42 Å². The van der Waals surface area contributed by atoms with Gasteiger partial charge in [-0.1, -0.05) is 24.3 Å². The van der Waals surface area contributed by atoms with E-state index >= 15 is 0 Å². The summed E-state index contributed by atoms with van der Waals surface area (Å²) >= 11 is 0. The number of aliphatic imine (C=N–C) groups is 1. The predicted octanol–water partition coefficient (Wildman–Crippen LogP) is 2.40. The summed E-state index contributed by atoms with van der Waals surface area (Å²) in [5.41, 5.74) is 2.27. The van der Waals surface area contributed by atoms with E-state index in [-0.39, 0.29) is 5.91 Å². The summed E-state index contributed by atoms with van der Waals surface area (Å²) in [7, 11) is 1.79.